The number of hydrogen-bond acceptors (Lipinski definition) is 6. The van der Waals surface area contributed by atoms with Gasteiger partial charge in [0.25, 0.3) is 5.91 Å². The third-order valence-corrected chi connectivity index (χ3v) is 5.67. The molecule has 0 bridgehead atoms. The van der Waals surface area contributed by atoms with Crippen molar-refractivity contribution >= 4 is 17.2 Å². The second-order valence-electron chi connectivity index (χ2n) is 6.93. The van der Waals surface area contributed by atoms with E-state index in [9.17, 15) is 13.6 Å². The lowest BCUT2D eigenvalue weighted by Gasteiger charge is -2.33. The van der Waals surface area contributed by atoms with Crippen LogP contribution in [0.2, 0.25) is 0 Å². The fourth-order valence-electron chi connectivity index (χ4n) is 3.30. The maximum Gasteiger partial charge on any atom is 0.276 e. The third-order valence-electron chi connectivity index (χ3n) is 4.85. The number of aryl methyl sites for hydroxylation is 1. The van der Waals surface area contributed by atoms with Crippen LogP contribution in [0, 0.1) is 18.6 Å². The van der Waals surface area contributed by atoms with E-state index >= 15 is 0 Å². The van der Waals surface area contributed by atoms with Crippen LogP contribution >= 0.6 is 11.3 Å². The van der Waals surface area contributed by atoms with Crippen molar-refractivity contribution in [2.24, 2.45) is 0 Å². The summed E-state index contributed by atoms with van der Waals surface area (Å²) in [6.45, 7) is 5.29. The van der Waals surface area contributed by atoms with Gasteiger partial charge in [0.05, 0.1) is 23.4 Å². The normalized spacial score (nSPS) is 15.1. The molecule has 4 rings (SSSR count). The van der Waals surface area contributed by atoms with Gasteiger partial charge in [-0.05, 0) is 19.1 Å². The number of carbonyl (C=O) groups excluding carboxylic acids is 1. The van der Waals surface area contributed by atoms with Crippen LogP contribution in [0.5, 0.6) is 0 Å². The average molecular weight is 418 g/mol. The highest BCUT2D eigenvalue weighted by Crippen LogP contribution is 2.15. The molecule has 3 aromatic rings. The number of nitrogens with zero attached hydrogens (tertiary/aromatic N) is 6. The minimum absolute atomic E-state index is 0.109. The summed E-state index contributed by atoms with van der Waals surface area (Å²) >= 11 is 1.63. The molecule has 0 unspecified atom stereocenters. The molecule has 0 spiro atoms. The van der Waals surface area contributed by atoms with E-state index in [1.165, 1.54) is 29.1 Å². The van der Waals surface area contributed by atoms with Crippen molar-refractivity contribution in [3.8, 4) is 0 Å². The summed E-state index contributed by atoms with van der Waals surface area (Å²) in [5, 5.41) is 10.8. The Morgan fingerprint density at radius 3 is 2.52 bits per heavy atom. The number of rotatable bonds is 5. The summed E-state index contributed by atoms with van der Waals surface area (Å²) in [4.78, 5) is 21.2. The van der Waals surface area contributed by atoms with Crippen LogP contribution in [0.4, 0.5) is 8.78 Å². The fraction of sp³-hybridized carbons (Fsp3) is 0.368. The quantitative estimate of drug-likeness (QED) is 0.636. The second-order valence-corrected chi connectivity index (χ2v) is 7.99. The van der Waals surface area contributed by atoms with E-state index in [2.05, 4.69) is 25.6 Å². The molecule has 0 saturated carbocycles. The molecule has 1 aliphatic rings. The summed E-state index contributed by atoms with van der Waals surface area (Å²) in [6, 6.07) is 3.68. The van der Waals surface area contributed by atoms with Crippen LogP contribution in [0.3, 0.4) is 0 Å². The maximum atomic E-state index is 13.8. The first-order valence-corrected chi connectivity index (χ1v) is 10.1. The van der Waals surface area contributed by atoms with Crippen LogP contribution in [0.25, 0.3) is 0 Å². The highest BCUT2D eigenvalue weighted by atomic mass is 32.1. The Hall–Kier alpha value is -2.72. The molecule has 1 saturated heterocycles. The van der Waals surface area contributed by atoms with Gasteiger partial charge in [-0.3, -0.25) is 9.69 Å². The molecule has 0 aliphatic carbocycles. The number of hydrogen-bond donors (Lipinski definition) is 0. The zero-order chi connectivity index (χ0) is 20.4. The molecule has 3 heterocycles. The molecule has 1 aliphatic heterocycles. The maximum absolute atomic E-state index is 13.8. The zero-order valence-electron chi connectivity index (χ0n) is 15.9. The Labute approximate surface area is 170 Å². The van der Waals surface area contributed by atoms with Gasteiger partial charge in [0.1, 0.15) is 11.6 Å². The zero-order valence-corrected chi connectivity index (χ0v) is 16.7. The first kappa shape index (κ1) is 19.6. The minimum Gasteiger partial charge on any atom is -0.335 e. The van der Waals surface area contributed by atoms with E-state index in [4.69, 9.17) is 0 Å². The van der Waals surface area contributed by atoms with Gasteiger partial charge in [-0.25, -0.2) is 18.4 Å². The van der Waals surface area contributed by atoms with Gasteiger partial charge >= 0.3 is 0 Å². The predicted octanol–water partition coefficient (Wildman–Crippen LogP) is 2.33. The molecule has 29 heavy (non-hydrogen) atoms. The van der Waals surface area contributed by atoms with E-state index in [0.29, 0.717) is 13.1 Å². The van der Waals surface area contributed by atoms with E-state index < -0.39 is 11.6 Å². The molecule has 10 heteroatoms. The smallest absolute Gasteiger partial charge is 0.276 e. The van der Waals surface area contributed by atoms with Crippen molar-refractivity contribution in [2.45, 2.75) is 20.0 Å². The summed E-state index contributed by atoms with van der Waals surface area (Å²) in [7, 11) is 0. The monoisotopic (exact) mass is 418 g/mol. The van der Waals surface area contributed by atoms with Crippen molar-refractivity contribution in [1.82, 2.24) is 29.8 Å². The van der Waals surface area contributed by atoms with Gasteiger partial charge in [0.2, 0.25) is 0 Å². The highest BCUT2D eigenvalue weighted by Gasteiger charge is 2.24. The first-order valence-electron chi connectivity index (χ1n) is 9.25. The standard InChI is InChI=1S/C19H20F2N6OS/c1-13-22-14(12-29-13)9-25-5-7-26(8-6-25)19(28)18-11-27(24-23-18)10-15-16(20)3-2-4-17(15)21/h2-4,11-12H,5-10H2,1H3. The molecular weight excluding hydrogens is 398 g/mol. The van der Waals surface area contributed by atoms with E-state index in [1.54, 1.807) is 16.2 Å². The lowest BCUT2D eigenvalue weighted by Crippen LogP contribution is -2.48. The van der Waals surface area contributed by atoms with Gasteiger partial charge in [0.15, 0.2) is 5.69 Å². The fourth-order valence-corrected chi connectivity index (χ4v) is 3.90. The number of aromatic nitrogens is 4. The van der Waals surface area contributed by atoms with Gasteiger partial charge < -0.3 is 4.90 Å². The Bertz CT molecular complexity index is 992. The van der Waals surface area contributed by atoms with Crippen molar-refractivity contribution in [3.63, 3.8) is 0 Å². The number of piperazine rings is 1. The largest absolute Gasteiger partial charge is 0.335 e. The van der Waals surface area contributed by atoms with Crippen LogP contribution in [0.15, 0.2) is 29.8 Å². The molecule has 1 aromatic carbocycles. The van der Waals surface area contributed by atoms with Crippen molar-refractivity contribution < 1.29 is 13.6 Å². The van der Waals surface area contributed by atoms with Gasteiger partial charge in [0, 0.05) is 43.7 Å². The van der Waals surface area contributed by atoms with E-state index in [1.807, 2.05) is 6.92 Å². The first-order chi connectivity index (χ1) is 14.0. The third kappa shape index (κ3) is 4.48. The number of amides is 1. The summed E-state index contributed by atoms with van der Waals surface area (Å²) < 4.78 is 28.9. The second kappa shape index (κ2) is 8.34. The Morgan fingerprint density at radius 2 is 1.86 bits per heavy atom. The highest BCUT2D eigenvalue weighted by molar-refractivity contribution is 7.09. The Balaban J connectivity index is 1.35. The molecular formula is C19H20F2N6OS. The average Bonchev–Trinajstić information content (AvgIpc) is 3.34. The minimum atomic E-state index is -0.653. The lowest BCUT2D eigenvalue weighted by molar-refractivity contribution is 0.0621. The Kier molecular flexibility index (Phi) is 5.63. The van der Waals surface area contributed by atoms with E-state index in [-0.39, 0.29) is 23.7 Å². The van der Waals surface area contributed by atoms with E-state index in [0.717, 1.165) is 30.3 Å². The predicted molar refractivity (Wildman–Crippen MR) is 104 cm³/mol. The number of benzene rings is 1. The lowest BCUT2D eigenvalue weighted by atomic mass is 10.2. The number of thiazole rings is 1. The van der Waals surface area contributed by atoms with Gasteiger partial charge in [-0.2, -0.15) is 0 Å². The summed E-state index contributed by atoms with van der Waals surface area (Å²) in [5.41, 5.74) is 1.11. The molecule has 0 radical (unpaired) electrons. The summed E-state index contributed by atoms with van der Waals surface area (Å²) in [6.07, 6.45) is 1.43. The SMILES string of the molecule is Cc1nc(CN2CCN(C(=O)c3cn(Cc4c(F)cccc4F)nn3)CC2)cs1. The van der Waals surface area contributed by atoms with Gasteiger partial charge in [-0.15, -0.1) is 16.4 Å². The van der Waals surface area contributed by atoms with Crippen LogP contribution in [0.1, 0.15) is 26.8 Å². The van der Waals surface area contributed by atoms with Crippen molar-refractivity contribution in [1.29, 1.82) is 0 Å². The van der Waals surface area contributed by atoms with Crippen LogP contribution in [-0.2, 0) is 13.1 Å². The molecule has 0 atom stereocenters. The van der Waals surface area contributed by atoms with Crippen LogP contribution < -0.4 is 0 Å². The van der Waals surface area contributed by atoms with Gasteiger partial charge in [-0.1, -0.05) is 11.3 Å². The molecule has 0 N–H and O–H groups in total. The topological polar surface area (TPSA) is 67.2 Å². The summed E-state index contributed by atoms with van der Waals surface area (Å²) in [5.74, 6) is -1.53. The molecule has 7 nitrogen and oxygen atoms in total. The molecule has 1 amide bonds. The molecule has 152 valence electrons. The van der Waals surface area contributed by atoms with Crippen LogP contribution in [-0.4, -0.2) is 61.9 Å². The van der Waals surface area contributed by atoms with Crippen molar-refractivity contribution in [3.05, 3.63) is 63.4 Å². The van der Waals surface area contributed by atoms with Crippen molar-refractivity contribution in [2.75, 3.05) is 26.2 Å². The Morgan fingerprint density at radius 1 is 1.14 bits per heavy atom. The number of halogens is 2. The molecule has 1 fully saturated rings. The molecule has 2 aromatic heterocycles. The number of carbonyl (C=O) groups is 1.